The summed E-state index contributed by atoms with van der Waals surface area (Å²) in [5.41, 5.74) is 5.51. The van der Waals surface area contributed by atoms with Crippen LogP contribution in [-0.2, 0) is 16.4 Å². The lowest BCUT2D eigenvalue weighted by atomic mass is 10.1. The molecule has 114 valence electrons. The molecule has 2 unspecified atom stereocenters. The number of thiophene rings is 1. The van der Waals surface area contributed by atoms with Gasteiger partial charge in [-0.2, -0.15) is 4.31 Å². The Kier molecular flexibility index (Phi) is 4.86. The van der Waals surface area contributed by atoms with Crippen molar-refractivity contribution in [3.63, 3.8) is 0 Å². The van der Waals surface area contributed by atoms with Crippen molar-refractivity contribution in [3.05, 3.63) is 17.0 Å². The van der Waals surface area contributed by atoms with Gasteiger partial charge in [-0.15, -0.1) is 11.3 Å². The lowest BCUT2D eigenvalue weighted by molar-refractivity contribution is 0.105. The highest BCUT2D eigenvalue weighted by atomic mass is 32.2. The van der Waals surface area contributed by atoms with Gasteiger partial charge in [0, 0.05) is 30.1 Å². The summed E-state index contributed by atoms with van der Waals surface area (Å²) in [5, 5.41) is 0. The Balaban J connectivity index is 2.21. The summed E-state index contributed by atoms with van der Waals surface area (Å²) in [6, 6.07) is 4.04. The van der Waals surface area contributed by atoms with Crippen LogP contribution in [0.1, 0.15) is 18.7 Å². The standard InChI is InChI=1S/C13H23N3O2S2/c1-10-8-16(9-11(2)15(10)3)20(17,18)13-5-4-12(19-13)6-7-14/h4-5,10-11H,6-9,14H2,1-3H3. The molecule has 1 aliphatic heterocycles. The minimum absolute atomic E-state index is 0.233. The Bertz CT molecular complexity index is 544. The minimum Gasteiger partial charge on any atom is -0.330 e. The second kappa shape index (κ2) is 6.11. The molecule has 0 amide bonds. The van der Waals surface area contributed by atoms with Gasteiger partial charge in [-0.3, -0.25) is 4.90 Å². The van der Waals surface area contributed by atoms with E-state index in [9.17, 15) is 8.42 Å². The largest absolute Gasteiger partial charge is 0.330 e. The van der Waals surface area contributed by atoms with E-state index < -0.39 is 10.0 Å². The highest BCUT2D eigenvalue weighted by Gasteiger charge is 2.35. The minimum atomic E-state index is -3.36. The molecule has 2 N–H and O–H groups in total. The first-order chi connectivity index (χ1) is 9.36. The predicted octanol–water partition coefficient (Wildman–Crippen LogP) is 0.962. The van der Waals surface area contributed by atoms with Crippen LogP contribution in [0.4, 0.5) is 0 Å². The van der Waals surface area contributed by atoms with Crippen LogP contribution in [0.5, 0.6) is 0 Å². The molecule has 1 aliphatic rings. The summed E-state index contributed by atoms with van der Waals surface area (Å²) in [6.45, 7) is 5.77. The van der Waals surface area contributed by atoms with Crippen LogP contribution in [0.15, 0.2) is 16.3 Å². The molecular weight excluding hydrogens is 294 g/mol. The summed E-state index contributed by atoms with van der Waals surface area (Å²) in [4.78, 5) is 3.25. The molecule has 1 fully saturated rings. The number of piperazine rings is 1. The molecule has 0 aromatic carbocycles. The summed E-state index contributed by atoms with van der Waals surface area (Å²) >= 11 is 1.34. The molecule has 0 saturated carbocycles. The first-order valence-electron chi connectivity index (χ1n) is 6.87. The summed E-state index contributed by atoms with van der Waals surface area (Å²) in [5.74, 6) is 0. The SMILES string of the molecule is CC1CN(S(=O)(=O)c2ccc(CCN)s2)CC(C)N1C. The van der Waals surface area contributed by atoms with Crippen molar-refractivity contribution in [2.75, 3.05) is 26.7 Å². The van der Waals surface area contributed by atoms with Crippen LogP contribution in [0.3, 0.4) is 0 Å². The fourth-order valence-corrected chi connectivity index (χ4v) is 5.58. The first kappa shape index (κ1) is 15.9. The quantitative estimate of drug-likeness (QED) is 0.898. The van der Waals surface area contributed by atoms with Gasteiger partial charge in [0.1, 0.15) is 4.21 Å². The number of hydrogen-bond donors (Lipinski definition) is 1. The Hall–Kier alpha value is -0.470. The molecule has 1 aromatic rings. The van der Waals surface area contributed by atoms with E-state index in [0.29, 0.717) is 23.8 Å². The summed E-state index contributed by atoms with van der Waals surface area (Å²) in [6.07, 6.45) is 0.732. The van der Waals surface area contributed by atoms with E-state index in [0.717, 1.165) is 11.3 Å². The molecule has 0 spiro atoms. The molecule has 2 rings (SSSR count). The van der Waals surface area contributed by atoms with Crippen molar-refractivity contribution in [2.45, 2.75) is 36.6 Å². The summed E-state index contributed by atoms with van der Waals surface area (Å²) in [7, 11) is -1.32. The number of rotatable bonds is 4. The third-order valence-corrected chi connectivity index (χ3v) is 7.39. The Morgan fingerprint density at radius 2 is 1.90 bits per heavy atom. The van der Waals surface area contributed by atoms with Crippen LogP contribution in [0.25, 0.3) is 0 Å². The van der Waals surface area contributed by atoms with Crippen LogP contribution >= 0.6 is 11.3 Å². The number of sulfonamides is 1. The van der Waals surface area contributed by atoms with Crippen molar-refractivity contribution >= 4 is 21.4 Å². The average Bonchev–Trinajstić information content (AvgIpc) is 2.85. The van der Waals surface area contributed by atoms with E-state index in [-0.39, 0.29) is 12.1 Å². The maximum atomic E-state index is 12.7. The molecule has 1 saturated heterocycles. The van der Waals surface area contributed by atoms with Gasteiger partial charge in [0.2, 0.25) is 0 Å². The van der Waals surface area contributed by atoms with E-state index >= 15 is 0 Å². The van der Waals surface area contributed by atoms with Gasteiger partial charge in [0.05, 0.1) is 0 Å². The average molecular weight is 317 g/mol. The summed E-state index contributed by atoms with van der Waals surface area (Å²) < 4.78 is 27.4. The highest BCUT2D eigenvalue weighted by molar-refractivity contribution is 7.91. The monoisotopic (exact) mass is 317 g/mol. The fourth-order valence-electron chi connectivity index (χ4n) is 2.45. The molecule has 7 heteroatoms. The maximum Gasteiger partial charge on any atom is 0.252 e. The second-order valence-corrected chi connectivity index (χ2v) is 8.78. The Morgan fingerprint density at radius 3 is 2.45 bits per heavy atom. The van der Waals surface area contributed by atoms with Crippen LogP contribution in [-0.4, -0.2) is 56.4 Å². The zero-order valence-corrected chi connectivity index (χ0v) is 13.9. The van der Waals surface area contributed by atoms with E-state index in [2.05, 4.69) is 18.7 Å². The van der Waals surface area contributed by atoms with Crippen molar-refractivity contribution in [1.82, 2.24) is 9.21 Å². The normalized spacial score (nSPS) is 26.0. The lowest BCUT2D eigenvalue weighted by Gasteiger charge is -2.41. The van der Waals surface area contributed by atoms with Crippen molar-refractivity contribution in [3.8, 4) is 0 Å². The smallest absolute Gasteiger partial charge is 0.252 e. The molecule has 0 bridgehead atoms. The van der Waals surface area contributed by atoms with E-state index in [1.165, 1.54) is 11.3 Å². The lowest BCUT2D eigenvalue weighted by Crippen LogP contribution is -2.56. The van der Waals surface area contributed by atoms with Crippen molar-refractivity contribution in [1.29, 1.82) is 0 Å². The maximum absolute atomic E-state index is 12.7. The molecule has 1 aromatic heterocycles. The van der Waals surface area contributed by atoms with Crippen molar-refractivity contribution < 1.29 is 8.42 Å². The van der Waals surface area contributed by atoms with Gasteiger partial charge < -0.3 is 5.73 Å². The first-order valence-corrected chi connectivity index (χ1v) is 9.12. The number of hydrogen-bond acceptors (Lipinski definition) is 5. The Labute approximate surface area is 125 Å². The van der Waals surface area contributed by atoms with Gasteiger partial charge >= 0.3 is 0 Å². The number of nitrogens with zero attached hydrogens (tertiary/aromatic N) is 2. The molecule has 2 atom stereocenters. The van der Waals surface area contributed by atoms with E-state index in [1.807, 2.05) is 13.1 Å². The second-order valence-electron chi connectivity index (χ2n) is 5.44. The van der Waals surface area contributed by atoms with E-state index in [4.69, 9.17) is 5.73 Å². The van der Waals surface area contributed by atoms with Gasteiger partial charge in [-0.1, -0.05) is 0 Å². The van der Waals surface area contributed by atoms with Gasteiger partial charge in [-0.05, 0) is 46.0 Å². The van der Waals surface area contributed by atoms with Crippen LogP contribution < -0.4 is 5.73 Å². The molecule has 0 aliphatic carbocycles. The zero-order valence-electron chi connectivity index (χ0n) is 12.2. The zero-order chi connectivity index (χ0) is 14.9. The Morgan fingerprint density at radius 1 is 1.30 bits per heavy atom. The molecular formula is C13H23N3O2S2. The number of likely N-dealkylation sites (N-methyl/N-ethyl adjacent to an activating group) is 1. The van der Waals surface area contributed by atoms with Crippen LogP contribution in [0.2, 0.25) is 0 Å². The molecule has 20 heavy (non-hydrogen) atoms. The third-order valence-electron chi connectivity index (χ3n) is 3.95. The topological polar surface area (TPSA) is 66.6 Å². The van der Waals surface area contributed by atoms with Gasteiger partial charge in [0.15, 0.2) is 0 Å². The third kappa shape index (κ3) is 3.07. The van der Waals surface area contributed by atoms with Crippen LogP contribution in [0, 0.1) is 0 Å². The molecule has 2 heterocycles. The fraction of sp³-hybridized carbons (Fsp3) is 0.692. The molecule has 0 radical (unpaired) electrons. The molecule has 5 nitrogen and oxygen atoms in total. The van der Waals surface area contributed by atoms with Crippen molar-refractivity contribution in [2.24, 2.45) is 5.73 Å². The van der Waals surface area contributed by atoms with Gasteiger partial charge in [0.25, 0.3) is 10.0 Å². The number of nitrogens with two attached hydrogens (primary N) is 1. The van der Waals surface area contributed by atoms with Gasteiger partial charge in [-0.25, -0.2) is 8.42 Å². The van der Waals surface area contributed by atoms with E-state index in [1.54, 1.807) is 10.4 Å². The highest BCUT2D eigenvalue weighted by Crippen LogP contribution is 2.27. The predicted molar refractivity (Wildman–Crippen MR) is 82.5 cm³/mol.